The molecule has 17 nitrogen and oxygen atoms in total. The Balaban J connectivity index is 5.23. The van der Waals surface area contributed by atoms with Crippen molar-refractivity contribution < 1.29 is 80.2 Å². The van der Waals surface area contributed by atoms with Crippen LogP contribution in [0, 0.1) is 11.8 Å². The third kappa shape index (κ3) is 61.3. The first-order valence-corrected chi connectivity index (χ1v) is 38.5. The fourth-order valence-electron chi connectivity index (χ4n) is 10.2. The Kier molecular flexibility index (Phi) is 59.0. The topological polar surface area (TPSA) is 237 Å². The van der Waals surface area contributed by atoms with Gasteiger partial charge in [0.25, 0.3) is 0 Å². The fourth-order valence-corrected chi connectivity index (χ4v) is 11.8. The Morgan fingerprint density at radius 1 is 0.333 bits per heavy atom. The van der Waals surface area contributed by atoms with Crippen LogP contribution in [-0.2, 0) is 65.4 Å². The molecule has 0 aliphatic carbocycles. The number of aliphatic hydroxyl groups excluding tert-OH is 1. The van der Waals surface area contributed by atoms with Gasteiger partial charge in [0, 0.05) is 25.7 Å². The maximum atomic E-state index is 13.0. The molecule has 0 aromatic heterocycles. The van der Waals surface area contributed by atoms with Gasteiger partial charge in [0.2, 0.25) is 0 Å². The third-order valence-electron chi connectivity index (χ3n) is 16.1. The highest BCUT2D eigenvalue weighted by atomic mass is 31.2. The first-order chi connectivity index (χ1) is 41.9. The highest BCUT2D eigenvalue weighted by Gasteiger charge is 2.30. The van der Waals surface area contributed by atoms with Crippen LogP contribution in [0.15, 0.2) is 0 Å². The molecular formula is C68H132O17P2. The summed E-state index contributed by atoms with van der Waals surface area (Å²) in [5.74, 6) is -0.625. The van der Waals surface area contributed by atoms with E-state index in [-0.39, 0.29) is 25.7 Å². The van der Waals surface area contributed by atoms with Gasteiger partial charge in [-0.3, -0.25) is 37.3 Å². The van der Waals surface area contributed by atoms with Crippen LogP contribution in [0.4, 0.5) is 0 Å². The molecule has 0 rings (SSSR count). The highest BCUT2D eigenvalue weighted by molar-refractivity contribution is 7.47. The van der Waals surface area contributed by atoms with Gasteiger partial charge in [-0.15, -0.1) is 0 Å². The molecular weight excluding hydrogens is 1150 g/mol. The predicted octanol–water partition coefficient (Wildman–Crippen LogP) is 19.2. The number of carbonyl (C=O) groups is 4. The fraction of sp³-hybridized carbons (Fsp3) is 0.941. The predicted molar refractivity (Wildman–Crippen MR) is 349 cm³/mol. The maximum Gasteiger partial charge on any atom is 0.472 e. The SMILES string of the molecule is CCCCCCCCCCCCCCCCCC(=O)O[C@H](COC(=O)CCCCCCCCCCCCC(C)CC)COP(=O)(O)OC[C@@H](O)COP(=O)(O)OC[C@@H](COC(=O)CCCCCCCCCC)OC(=O)CCCCCCCCCC(C)C. The minimum absolute atomic E-state index is 0.103. The van der Waals surface area contributed by atoms with Gasteiger partial charge in [-0.05, 0) is 37.5 Å². The van der Waals surface area contributed by atoms with Crippen molar-refractivity contribution in [2.45, 2.75) is 362 Å². The molecule has 0 saturated carbocycles. The monoisotopic (exact) mass is 1280 g/mol. The molecule has 3 unspecified atom stereocenters. The standard InChI is InChI=1S/C68H132O17P2/c1-7-10-12-14-16-18-19-20-21-22-23-28-34-40-46-52-67(72)84-63(57-79-66(71)51-45-39-33-27-25-24-26-31-37-43-49-61(6)9-3)58-82-86(74,75)80-54-62(69)55-81-87(76,77)83-59-64(56-78-65(70)50-44-38-32-17-15-13-11-8-2)85-68(73)53-47-41-35-29-30-36-42-48-60(4)5/h60-64,69H,7-59H2,1-6H3,(H,74,75)(H,76,77)/t61?,62-,63-,64-/m1/s1. The minimum Gasteiger partial charge on any atom is -0.462 e. The van der Waals surface area contributed by atoms with Crippen molar-refractivity contribution >= 4 is 39.5 Å². The zero-order chi connectivity index (χ0) is 64.3. The second kappa shape index (κ2) is 60.3. The van der Waals surface area contributed by atoms with Crippen LogP contribution in [0.3, 0.4) is 0 Å². The number of hydrogen-bond acceptors (Lipinski definition) is 15. The van der Waals surface area contributed by atoms with Gasteiger partial charge in [0.05, 0.1) is 26.4 Å². The quantitative estimate of drug-likeness (QED) is 0.0222. The zero-order valence-electron chi connectivity index (χ0n) is 56.3. The molecule has 516 valence electrons. The molecule has 19 heteroatoms. The van der Waals surface area contributed by atoms with Crippen LogP contribution < -0.4 is 0 Å². The molecule has 0 amide bonds. The Labute approximate surface area is 530 Å². The van der Waals surface area contributed by atoms with Gasteiger partial charge >= 0.3 is 39.5 Å². The summed E-state index contributed by atoms with van der Waals surface area (Å²) in [5, 5.41) is 10.6. The van der Waals surface area contributed by atoms with E-state index in [0.717, 1.165) is 102 Å². The van der Waals surface area contributed by atoms with Crippen LogP contribution >= 0.6 is 15.6 Å². The van der Waals surface area contributed by atoms with Crippen molar-refractivity contribution in [3.05, 3.63) is 0 Å². The van der Waals surface area contributed by atoms with Crippen molar-refractivity contribution in [1.29, 1.82) is 0 Å². The van der Waals surface area contributed by atoms with Crippen molar-refractivity contribution in [3.63, 3.8) is 0 Å². The molecule has 0 aromatic carbocycles. The van der Waals surface area contributed by atoms with E-state index in [1.807, 2.05) is 0 Å². The number of rotatable bonds is 67. The van der Waals surface area contributed by atoms with Crippen LogP contribution in [0.1, 0.15) is 343 Å². The maximum absolute atomic E-state index is 13.0. The van der Waals surface area contributed by atoms with E-state index in [1.54, 1.807) is 0 Å². The summed E-state index contributed by atoms with van der Waals surface area (Å²) < 4.78 is 68.1. The Hall–Kier alpha value is -1.94. The Morgan fingerprint density at radius 2 is 0.586 bits per heavy atom. The molecule has 0 aliphatic heterocycles. The lowest BCUT2D eigenvalue weighted by atomic mass is 9.99. The first-order valence-electron chi connectivity index (χ1n) is 35.5. The Bertz CT molecular complexity index is 1700. The molecule has 6 atom stereocenters. The van der Waals surface area contributed by atoms with E-state index in [9.17, 15) is 43.2 Å². The normalized spacial score (nSPS) is 14.5. The van der Waals surface area contributed by atoms with Gasteiger partial charge in [0.1, 0.15) is 19.3 Å². The van der Waals surface area contributed by atoms with E-state index in [4.69, 9.17) is 37.0 Å². The van der Waals surface area contributed by atoms with Gasteiger partial charge in [-0.25, -0.2) is 9.13 Å². The molecule has 0 radical (unpaired) electrons. The molecule has 0 aromatic rings. The third-order valence-corrected chi connectivity index (χ3v) is 18.0. The summed E-state index contributed by atoms with van der Waals surface area (Å²) in [5.41, 5.74) is 0. The molecule has 87 heavy (non-hydrogen) atoms. The number of phosphoric ester groups is 2. The Morgan fingerprint density at radius 3 is 0.874 bits per heavy atom. The van der Waals surface area contributed by atoms with Gasteiger partial charge in [0.15, 0.2) is 12.2 Å². The van der Waals surface area contributed by atoms with Gasteiger partial charge < -0.3 is 33.8 Å². The number of esters is 4. The van der Waals surface area contributed by atoms with Crippen molar-refractivity contribution in [3.8, 4) is 0 Å². The van der Waals surface area contributed by atoms with E-state index in [2.05, 4.69) is 41.5 Å². The van der Waals surface area contributed by atoms with Crippen LogP contribution in [0.2, 0.25) is 0 Å². The second-order valence-electron chi connectivity index (χ2n) is 25.3. The molecule has 0 saturated heterocycles. The number of unbranched alkanes of at least 4 members (excludes halogenated alkanes) is 36. The van der Waals surface area contributed by atoms with Crippen molar-refractivity contribution in [2.24, 2.45) is 11.8 Å². The summed E-state index contributed by atoms with van der Waals surface area (Å²) in [4.78, 5) is 72.3. The average Bonchev–Trinajstić information content (AvgIpc) is 3.63. The first kappa shape index (κ1) is 85.1. The molecule has 0 aliphatic rings. The summed E-state index contributed by atoms with van der Waals surface area (Å²) in [6, 6.07) is 0. The van der Waals surface area contributed by atoms with Crippen molar-refractivity contribution in [1.82, 2.24) is 0 Å². The largest absolute Gasteiger partial charge is 0.472 e. The number of ether oxygens (including phenoxy) is 4. The lowest BCUT2D eigenvalue weighted by Crippen LogP contribution is -2.30. The van der Waals surface area contributed by atoms with Crippen LogP contribution in [0.5, 0.6) is 0 Å². The molecule has 0 spiro atoms. The van der Waals surface area contributed by atoms with Gasteiger partial charge in [-0.1, -0.05) is 292 Å². The highest BCUT2D eigenvalue weighted by Crippen LogP contribution is 2.45. The number of hydrogen-bond donors (Lipinski definition) is 3. The zero-order valence-corrected chi connectivity index (χ0v) is 58.1. The number of phosphoric acid groups is 2. The smallest absolute Gasteiger partial charge is 0.462 e. The van der Waals surface area contributed by atoms with Gasteiger partial charge in [-0.2, -0.15) is 0 Å². The number of aliphatic hydroxyl groups is 1. The van der Waals surface area contributed by atoms with E-state index < -0.39 is 97.5 Å². The van der Waals surface area contributed by atoms with Crippen LogP contribution in [0.25, 0.3) is 0 Å². The minimum atomic E-state index is -4.95. The average molecular weight is 1280 g/mol. The van der Waals surface area contributed by atoms with E-state index >= 15 is 0 Å². The summed E-state index contributed by atoms with van der Waals surface area (Å²) in [6.45, 7) is 9.47. The van der Waals surface area contributed by atoms with Crippen molar-refractivity contribution in [2.75, 3.05) is 39.6 Å². The summed E-state index contributed by atoms with van der Waals surface area (Å²) in [6.07, 6.45) is 44.5. The van der Waals surface area contributed by atoms with E-state index in [0.29, 0.717) is 31.6 Å². The second-order valence-corrected chi connectivity index (χ2v) is 28.2. The molecule has 0 heterocycles. The molecule has 0 bridgehead atoms. The van der Waals surface area contributed by atoms with Crippen LogP contribution in [-0.4, -0.2) is 96.7 Å². The molecule has 3 N–H and O–H groups in total. The summed E-state index contributed by atoms with van der Waals surface area (Å²) >= 11 is 0. The summed E-state index contributed by atoms with van der Waals surface area (Å²) in [7, 11) is -9.89. The lowest BCUT2D eigenvalue weighted by molar-refractivity contribution is -0.161. The molecule has 0 fully saturated rings. The number of carbonyl (C=O) groups excluding carboxylic acids is 4. The lowest BCUT2D eigenvalue weighted by Gasteiger charge is -2.21. The van der Waals surface area contributed by atoms with E-state index in [1.165, 1.54) is 154 Å².